The molecule has 0 saturated heterocycles. The van der Waals surface area contributed by atoms with Crippen molar-refractivity contribution in [3.8, 4) is 23.8 Å². The van der Waals surface area contributed by atoms with Gasteiger partial charge < -0.3 is 25.0 Å². The monoisotopic (exact) mass is 518 g/mol. The zero-order valence-corrected chi connectivity index (χ0v) is 20.3. The molecular weight excluding hydrogens is 494 g/mol. The molecule has 2 aromatic carbocycles. The lowest BCUT2D eigenvalue weighted by atomic mass is 9.70. The van der Waals surface area contributed by atoms with Gasteiger partial charge in [0, 0.05) is 24.4 Å². The number of hydrogen-bond acceptors (Lipinski definition) is 8. The number of halogens is 2. The number of aliphatic hydroxyl groups is 2. The zero-order chi connectivity index (χ0) is 27.1. The van der Waals surface area contributed by atoms with Crippen molar-refractivity contribution in [2.24, 2.45) is 5.92 Å². The van der Waals surface area contributed by atoms with Crippen LogP contribution in [0.15, 0.2) is 60.7 Å². The van der Waals surface area contributed by atoms with E-state index in [0.29, 0.717) is 16.7 Å². The van der Waals surface area contributed by atoms with E-state index in [1.54, 1.807) is 36.4 Å². The maximum atomic E-state index is 13.0. The average Bonchev–Trinajstić information content (AvgIpc) is 3.31. The van der Waals surface area contributed by atoms with Crippen molar-refractivity contribution in [2.45, 2.75) is 29.6 Å². The average molecular weight is 519 g/mol. The lowest BCUT2D eigenvalue weighted by Gasteiger charge is -2.41. The summed E-state index contributed by atoms with van der Waals surface area (Å²) in [6, 6.07) is 20.8. The first-order valence-electron chi connectivity index (χ1n) is 11.9. The number of alkyl halides is 2. The molecule has 3 N–H and O–H groups in total. The lowest BCUT2D eigenvalue weighted by molar-refractivity contribution is -0.152. The molecule has 5 rings (SSSR count). The SMILES string of the molecule is COc1nc(C#N)cc2c1C1(O)C(O)C(CNCC(F)F)C(c3ccccc3)C1(c1ccc(C#N)cc1)O2. The Balaban J connectivity index is 1.81. The van der Waals surface area contributed by atoms with Crippen LogP contribution in [-0.2, 0) is 11.2 Å². The third-order valence-corrected chi connectivity index (χ3v) is 7.46. The Labute approximate surface area is 217 Å². The highest BCUT2D eigenvalue weighted by Gasteiger charge is 2.76. The Morgan fingerprint density at radius 1 is 1.13 bits per heavy atom. The second kappa shape index (κ2) is 9.66. The van der Waals surface area contributed by atoms with E-state index in [1.807, 2.05) is 24.3 Å². The van der Waals surface area contributed by atoms with Gasteiger partial charge in [0.25, 0.3) is 6.43 Å². The summed E-state index contributed by atoms with van der Waals surface area (Å²) in [5.74, 6) is -1.54. The largest absolute Gasteiger partial charge is 0.481 e. The van der Waals surface area contributed by atoms with Crippen LogP contribution in [0.3, 0.4) is 0 Å². The summed E-state index contributed by atoms with van der Waals surface area (Å²) in [4.78, 5) is 4.19. The first kappa shape index (κ1) is 25.6. The third kappa shape index (κ3) is 3.61. The highest BCUT2D eigenvalue weighted by atomic mass is 19.3. The van der Waals surface area contributed by atoms with E-state index in [0.717, 1.165) is 0 Å². The van der Waals surface area contributed by atoms with E-state index >= 15 is 0 Å². The second-order valence-electron chi connectivity index (χ2n) is 9.34. The molecular formula is C28H24F2N4O4. The van der Waals surface area contributed by atoms with Crippen molar-refractivity contribution in [1.29, 1.82) is 10.5 Å². The highest BCUT2D eigenvalue weighted by molar-refractivity contribution is 5.60. The van der Waals surface area contributed by atoms with Crippen molar-refractivity contribution >= 4 is 0 Å². The maximum absolute atomic E-state index is 13.0. The second-order valence-corrected chi connectivity index (χ2v) is 9.34. The van der Waals surface area contributed by atoms with Crippen molar-refractivity contribution in [3.63, 3.8) is 0 Å². The summed E-state index contributed by atoms with van der Waals surface area (Å²) < 4.78 is 38.1. The number of nitrogens with zero attached hydrogens (tertiary/aromatic N) is 3. The summed E-state index contributed by atoms with van der Waals surface area (Å²) >= 11 is 0. The van der Waals surface area contributed by atoms with Gasteiger partial charge in [0.05, 0.1) is 37.0 Å². The Morgan fingerprint density at radius 3 is 2.45 bits per heavy atom. The van der Waals surface area contributed by atoms with Gasteiger partial charge in [-0.1, -0.05) is 42.5 Å². The van der Waals surface area contributed by atoms with Crippen LogP contribution >= 0.6 is 0 Å². The van der Waals surface area contributed by atoms with E-state index in [4.69, 9.17) is 9.47 Å². The zero-order valence-electron chi connectivity index (χ0n) is 20.3. The molecule has 8 nitrogen and oxygen atoms in total. The normalized spacial score (nSPS) is 27.2. The minimum atomic E-state index is -2.61. The number of aliphatic hydroxyl groups excluding tert-OH is 1. The van der Waals surface area contributed by atoms with Crippen LogP contribution in [0.5, 0.6) is 11.6 Å². The van der Waals surface area contributed by atoms with Crippen molar-refractivity contribution < 1.29 is 28.5 Å². The highest BCUT2D eigenvalue weighted by Crippen LogP contribution is 2.69. The first-order valence-corrected chi connectivity index (χ1v) is 11.9. The first-order chi connectivity index (χ1) is 18.3. The number of hydrogen-bond donors (Lipinski definition) is 3. The molecule has 1 aliphatic heterocycles. The Morgan fingerprint density at radius 2 is 1.84 bits per heavy atom. The predicted molar refractivity (Wildman–Crippen MR) is 130 cm³/mol. The van der Waals surface area contributed by atoms with Crippen LogP contribution in [0.4, 0.5) is 8.78 Å². The third-order valence-electron chi connectivity index (χ3n) is 7.46. The van der Waals surface area contributed by atoms with Crippen molar-refractivity contribution in [1.82, 2.24) is 10.3 Å². The summed E-state index contributed by atoms with van der Waals surface area (Å²) in [5.41, 5.74) is -2.30. The number of fused-ring (bicyclic) bond motifs is 3. The van der Waals surface area contributed by atoms with Crippen molar-refractivity contribution in [3.05, 3.63) is 88.6 Å². The fourth-order valence-corrected chi connectivity index (χ4v) is 6.02. The summed E-state index contributed by atoms with van der Waals surface area (Å²) in [5, 5.41) is 46.1. The number of pyridine rings is 1. The molecule has 1 aromatic heterocycles. The number of nitriles is 2. The molecule has 5 atom stereocenters. The Bertz CT molecular complexity index is 1420. The van der Waals surface area contributed by atoms with Crippen LogP contribution in [0, 0.1) is 28.6 Å². The molecule has 10 heteroatoms. The van der Waals surface area contributed by atoms with Crippen LogP contribution in [0.1, 0.15) is 33.9 Å². The predicted octanol–water partition coefficient (Wildman–Crippen LogP) is 2.94. The van der Waals surface area contributed by atoms with Gasteiger partial charge in [0.2, 0.25) is 5.88 Å². The molecule has 0 bridgehead atoms. The smallest absolute Gasteiger partial charge is 0.250 e. The van der Waals surface area contributed by atoms with Crippen LogP contribution in [0.25, 0.3) is 0 Å². The number of ether oxygens (including phenoxy) is 2. The number of rotatable bonds is 7. The molecule has 0 amide bonds. The molecule has 1 aliphatic carbocycles. The van der Waals surface area contributed by atoms with Gasteiger partial charge in [-0.15, -0.1) is 0 Å². The number of aromatic nitrogens is 1. The van der Waals surface area contributed by atoms with Gasteiger partial charge in [-0.25, -0.2) is 13.8 Å². The lowest BCUT2D eigenvalue weighted by Crippen LogP contribution is -2.52. The van der Waals surface area contributed by atoms with Crippen LogP contribution < -0.4 is 14.8 Å². The Hall–Kier alpha value is -4.09. The number of benzene rings is 2. The van der Waals surface area contributed by atoms with Crippen molar-refractivity contribution in [2.75, 3.05) is 20.2 Å². The van der Waals surface area contributed by atoms with Gasteiger partial charge in [-0.05, 0) is 23.3 Å². The van der Waals surface area contributed by atoms with Crippen LogP contribution in [-0.4, -0.2) is 47.9 Å². The van der Waals surface area contributed by atoms with Gasteiger partial charge in [-0.2, -0.15) is 10.5 Å². The maximum Gasteiger partial charge on any atom is 0.250 e. The molecule has 2 aliphatic rings. The van der Waals surface area contributed by atoms with E-state index in [-0.39, 0.29) is 29.4 Å². The van der Waals surface area contributed by atoms with Gasteiger partial charge in [0.1, 0.15) is 17.5 Å². The van der Waals surface area contributed by atoms with Crippen LogP contribution in [0.2, 0.25) is 0 Å². The molecule has 0 radical (unpaired) electrons. The van der Waals surface area contributed by atoms with E-state index in [1.165, 1.54) is 13.2 Å². The molecule has 3 aromatic rings. The molecule has 194 valence electrons. The van der Waals surface area contributed by atoms with Gasteiger partial charge in [0.15, 0.2) is 11.2 Å². The molecule has 1 fully saturated rings. The van der Waals surface area contributed by atoms with E-state index < -0.39 is 42.1 Å². The molecule has 38 heavy (non-hydrogen) atoms. The fourth-order valence-electron chi connectivity index (χ4n) is 6.02. The molecule has 5 unspecified atom stereocenters. The summed E-state index contributed by atoms with van der Waals surface area (Å²) in [6.45, 7) is -0.656. The Kier molecular flexibility index (Phi) is 6.49. The molecule has 2 heterocycles. The van der Waals surface area contributed by atoms with E-state index in [2.05, 4.69) is 16.4 Å². The summed E-state index contributed by atoms with van der Waals surface area (Å²) in [7, 11) is 1.33. The molecule has 1 saturated carbocycles. The topological polar surface area (TPSA) is 131 Å². The fraction of sp³-hybridized carbons (Fsp3) is 0.321. The minimum Gasteiger partial charge on any atom is -0.481 e. The van der Waals surface area contributed by atoms with Gasteiger partial charge in [-0.3, -0.25) is 0 Å². The number of methoxy groups -OCH3 is 1. The van der Waals surface area contributed by atoms with Gasteiger partial charge >= 0.3 is 0 Å². The molecule has 0 spiro atoms. The standard InChI is InChI=1S/C28H24F2N4O4/c1-37-26-24-21(11-19(13-32)34-26)38-28(18-9-7-16(12-31)8-10-18)23(17-5-3-2-4-6-17)20(14-33-15-22(29)30)25(35)27(24,28)36/h2-11,20,22-23,25,33,35-36H,14-15H2,1H3. The minimum absolute atomic E-state index is 0.0138. The summed E-state index contributed by atoms with van der Waals surface area (Å²) in [6.07, 6.45) is -4.14. The number of nitrogens with one attached hydrogen (secondary N) is 1. The quantitative estimate of drug-likeness (QED) is 0.435. The van der Waals surface area contributed by atoms with E-state index in [9.17, 15) is 29.5 Å².